The van der Waals surface area contributed by atoms with Crippen LogP contribution in [0.4, 0.5) is 0 Å². The van der Waals surface area contributed by atoms with Crippen molar-refractivity contribution in [2.24, 2.45) is 0 Å². The van der Waals surface area contributed by atoms with Gasteiger partial charge in [0, 0.05) is 11.6 Å². The van der Waals surface area contributed by atoms with Crippen molar-refractivity contribution < 1.29 is 19.7 Å². The molecular weight excluding hydrogens is 258 g/mol. The van der Waals surface area contributed by atoms with Gasteiger partial charge >= 0.3 is 0 Å². The van der Waals surface area contributed by atoms with E-state index in [-0.39, 0.29) is 29.9 Å². The van der Waals surface area contributed by atoms with Crippen LogP contribution >= 0.6 is 0 Å². The molecule has 5 nitrogen and oxygen atoms in total. The molecule has 0 aromatic heterocycles. The minimum atomic E-state index is -0.589. The smallest absolute Gasteiger partial charge is 0.161 e. The van der Waals surface area contributed by atoms with Crippen LogP contribution in [0.3, 0.4) is 0 Å². The van der Waals surface area contributed by atoms with Crippen molar-refractivity contribution in [1.29, 1.82) is 0 Å². The number of phenolic OH excluding ortho intramolecular Hbond substituents is 1. The van der Waals surface area contributed by atoms with Gasteiger partial charge in [0.1, 0.15) is 12.7 Å². The zero-order valence-corrected chi connectivity index (χ0v) is 11.9. The number of carbonyl (C=O) groups is 1. The van der Waals surface area contributed by atoms with Gasteiger partial charge in [-0.3, -0.25) is 4.79 Å². The highest BCUT2D eigenvalue weighted by Gasteiger charge is 2.28. The first-order valence-corrected chi connectivity index (χ1v) is 6.84. The Morgan fingerprint density at radius 3 is 2.85 bits per heavy atom. The molecule has 2 atom stereocenters. The van der Waals surface area contributed by atoms with Gasteiger partial charge in [0.05, 0.1) is 0 Å². The molecule has 0 bridgehead atoms. The van der Waals surface area contributed by atoms with E-state index in [1.807, 2.05) is 7.05 Å². The average Bonchev–Trinajstić information content (AvgIpc) is 2.83. The fraction of sp³-hybridized carbons (Fsp3) is 0.533. The fourth-order valence-electron chi connectivity index (χ4n) is 2.57. The van der Waals surface area contributed by atoms with Gasteiger partial charge in [-0.15, -0.1) is 0 Å². The largest absolute Gasteiger partial charge is 0.504 e. The number of aromatic hydroxyl groups is 1. The van der Waals surface area contributed by atoms with Gasteiger partial charge in [0.2, 0.25) is 0 Å². The monoisotopic (exact) mass is 279 g/mol. The number of Topliss-reactive ketones (excluding diaryl/α,β-unsaturated/α-hetero) is 1. The van der Waals surface area contributed by atoms with Crippen molar-refractivity contribution in [2.75, 3.05) is 20.2 Å². The maximum Gasteiger partial charge on any atom is 0.161 e. The lowest BCUT2D eigenvalue weighted by molar-refractivity contribution is 0.0433. The molecule has 1 aliphatic rings. The molecule has 0 amide bonds. The standard InChI is InChI=1S/C15H21NO4/c1-10(17)11-5-6-15(13(18)8-11)20-9-14(19)12-4-3-7-16(12)2/h5-6,8,12,14,18-19H,3-4,7,9H2,1-2H3/t12-,14-/m0/s1. The van der Waals surface area contributed by atoms with Crippen molar-refractivity contribution >= 4 is 5.78 Å². The number of rotatable bonds is 5. The third kappa shape index (κ3) is 3.29. The SMILES string of the molecule is CC(=O)c1ccc(OC[C@H](O)[C@@H]2CCCN2C)c(O)c1. The van der Waals surface area contributed by atoms with Gasteiger partial charge < -0.3 is 19.8 Å². The van der Waals surface area contributed by atoms with E-state index in [0.29, 0.717) is 5.56 Å². The predicted molar refractivity (Wildman–Crippen MR) is 75.3 cm³/mol. The second kappa shape index (κ2) is 6.24. The molecule has 0 spiro atoms. The minimum absolute atomic E-state index is 0.0790. The van der Waals surface area contributed by atoms with Gasteiger partial charge in [-0.05, 0) is 51.6 Å². The van der Waals surface area contributed by atoms with E-state index in [1.54, 1.807) is 12.1 Å². The molecule has 1 saturated heterocycles. The Balaban J connectivity index is 1.95. The van der Waals surface area contributed by atoms with E-state index in [4.69, 9.17) is 4.74 Å². The van der Waals surface area contributed by atoms with Crippen LogP contribution in [0.5, 0.6) is 11.5 Å². The molecule has 2 N–H and O–H groups in total. The van der Waals surface area contributed by atoms with E-state index in [9.17, 15) is 15.0 Å². The van der Waals surface area contributed by atoms with Gasteiger partial charge in [0.15, 0.2) is 17.3 Å². The number of hydrogen-bond donors (Lipinski definition) is 2. The number of ether oxygens (including phenoxy) is 1. The topological polar surface area (TPSA) is 70.0 Å². The Hall–Kier alpha value is -1.59. The zero-order valence-electron chi connectivity index (χ0n) is 11.9. The lowest BCUT2D eigenvalue weighted by Crippen LogP contribution is -2.39. The quantitative estimate of drug-likeness (QED) is 0.798. The number of phenols is 1. The van der Waals surface area contributed by atoms with Crippen molar-refractivity contribution in [3.05, 3.63) is 23.8 Å². The number of likely N-dealkylation sites (N-methyl/N-ethyl adjacent to an activating group) is 1. The number of hydrogen-bond acceptors (Lipinski definition) is 5. The number of benzene rings is 1. The van der Waals surface area contributed by atoms with Crippen LogP contribution in [-0.2, 0) is 0 Å². The lowest BCUT2D eigenvalue weighted by atomic mass is 10.1. The Bertz CT molecular complexity index is 489. The first-order valence-electron chi connectivity index (χ1n) is 6.84. The number of aliphatic hydroxyl groups is 1. The Kier molecular flexibility index (Phi) is 4.62. The number of carbonyl (C=O) groups excluding carboxylic acids is 1. The summed E-state index contributed by atoms with van der Waals surface area (Å²) in [4.78, 5) is 13.3. The molecule has 5 heteroatoms. The molecule has 1 aromatic rings. The molecule has 0 saturated carbocycles. The van der Waals surface area contributed by atoms with E-state index in [2.05, 4.69) is 4.90 Å². The van der Waals surface area contributed by atoms with Crippen LogP contribution in [0.2, 0.25) is 0 Å². The van der Waals surface area contributed by atoms with Crippen molar-refractivity contribution in [3.8, 4) is 11.5 Å². The van der Waals surface area contributed by atoms with Crippen molar-refractivity contribution in [3.63, 3.8) is 0 Å². The van der Waals surface area contributed by atoms with E-state index in [1.165, 1.54) is 13.0 Å². The maximum atomic E-state index is 11.2. The molecule has 1 heterocycles. The maximum absolute atomic E-state index is 11.2. The molecule has 0 unspecified atom stereocenters. The summed E-state index contributed by atoms with van der Waals surface area (Å²) >= 11 is 0. The summed E-state index contributed by atoms with van der Waals surface area (Å²) < 4.78 is 5.46. The second-order valence-corrected chi connectivity index (χ2v) is 5.31. The molecule has 0 aliphatic carbocycles. The highest BCUT2D eigenvalue weighted by molar-refractivity contribution is 5.94. The highest BCUT2D eigenvalue weighted by Crippen LogP contribution is 2.28. The Labute approximate surface area is 118 Å². The summed E-state index contributed by atoms with van der Waals surface area (Å²) in [6, 6.07) is 4.64. The molecule has 20 heavy (non-hydrogen) atoms. The molecule has 110 valence electrons. The number of nitrogens with zero attached hydrogens (tertiary/aromatic N) is 1. The summed E-state index contributed by atoms with van der Waals surface area (Å²) in [6.45, 7) is 2.55. The van der Waals surface area contributed by atoms with E-state index >= 15 is 0 Å². The van der Waals surface area contributed by atoms with Crippen LogP contribution in [-0.4, -0.2) is 53.2 Å². The number of ketones is 1. The van der Waals surface area contributed by atoms with Gasteiger partial charge in [0.25, 0.3) is 0 Å². The molecule has 0 radical (unpaired) electrons. The summed E-state index contributed by atoms with van der Waals surface area (Å²) in [5, 5.41) is 19.9. The van der Waals surface area contributed by atoms with Crippen LogP contribution in [0.15, 0.2) is 18.2 Å². The predicted octanol–water partition coefficient (Wildman–Crippen LogP) is 1.43. The first kappa shape index (κ1) is 14.8. The number of aliphatic hydroxyl groups excluding tert-OH is 1. The summed E-state index contributed by atoms with van der Waals surface area (Å²) in [6.07, 6.45) is 1.45. The second-order valence-electron chi connectivity index (χ2n) is 5.31. The third-order valence-corrected chi connectivity index (χ3v) is 3.80. The highest BCUT2D eigenvalue weighted by atomic mass is 16.5. The van der Waals surface area contributed by atoms with Crippen LogP contribution in [0.1, 0.15) is 30.1 Å². The van der Waals surface area contributed by atoms with Crippen molar-refractivity contribution in [2.45, 2.75) is 31.9 Å². The lowest BCUT2D eigenvalue weighted by Gasteiger charge is -2.25. The molecule has 1 aliphatic heterocycles. The Morgan fingerprint density at radius 1 is 1.55 bits per heavy atom. The van der Waals surface area contributed by atoms with Gasteiger partial charge in [-0.2, -0.15) is 0 Å². The van der Waals surface area contributed by atoms with Gasteiger partial charge in [-0.1, -0.05) is 0 Å². The molecular formula is C15H21NO4. The van der Waals surface area contributed by atoms with Gasteiger partial charge in [-0.25, -0.2) is 0 Å². The van der Waals surface area contributed by atoms with E-state index < -0.39 is 6.10 Å². The molecule has 2 rings (SSSR count). The van der Waals surface area contributed by atoms with Crippen LogP contribution < -0.4 is 4.74 Å². The zero-order chi connectivity index (χ0) is 14.7. The average molecular weight is 279 g/mol. The summed E-state index contributed by atoms with van der Waals surface area (Å²) in [5.74, 6) is 0.0961. The first-order chi connectivity index (χ1) is 9.49. The minimum Gasteiger partial charge on any atom is -0.504 e. The summed E-state index contributed by atoms with van der Waals surface area (Å²) in [7, 11) is 1.99. The van der Waals surface area contributed by atoms with Crippen LogP contribution in [0.25, 0.3) is 0 Å². The Morgan fingerprint density at radius 2 is 2.30 bits per heavy atom. The molecule has 1 fully saturated rings. The normalized spacial score (nSPS) is 20.9. The third-order valence-electron chi connectivity index (χ3n) is 3.80. The van der Waals surface area contributed by atoms with E-state index in [0.717, 1.165) is 19.4 Å². The fourth-order valence-corrected chi connectivity index (χ4v) is 2.57. The molecule has 1 aromatic carbocycles. The van der Waals surface area contributed by atoms with Crippen molar-refractivity contribution in [1.82, 2.24) is 4.90 Å². The van der Waals surface area contributed by atoms with Crippen LogP contribution in [0, 0.1) is 0 Å². The summed E-state index contributed by atoms with van der Waals surface area (Å²) in [5.41, 5.74) is 0.436. The number of likely N-dealkylation sites (tertiary alicyclic amines) is 1.